The van der Waals surface area contributed by atoms with E-state index in [-0.39, 0.29) is 11.8 Å². The van der Waals surface area contributed by atoms with E-state index < -0.39 is 6.23 Å². The Hall–Kier alpha value is -2.68. The maximum atomic E-state index is 12.7. The second-order valence-electron chi connectivity index (χ2n) is 7.08. The van der Waals surface area contributed by atoms with E-state index in [1.807, 2.05) is 19.0 Å². The monoisotopic (exact) mass is 401 g/mol. The summed E-state index contributed by atoms with van der Waals surface area (Å²) in [6.45, 7) is 1.17. The summed E-state index contributed by atoms with van der Waals surface area (Å²) in [5.74, 6) is -0.211. The van der Waals surface area contributed by atoms with Gasteiger partial charge >= 0.3 is 0 Å². The van der Waals surface area contributed by atoms with Gasteiger partial charge in [0.1, 0.15) is 5.82 Å². The number of carbonyl (C=O) groups excluding carboxylic acids is 2. The third kappa shape index (κ3) is 3.09. The van der Waals surface area contributed by atoms with Gasteiger partial charge in [-0.3, -0.25) is 14.5 Å². The number of hydrogen-bond donors (Lipinski definition) is 3. The normalized spacial score (nSPS) is 19.2. The molecule has 3 N–H and O–H groups in total. The molecule has 0 bridgehead atoms. The smallest absolute Gasteiger partial charge is 0.261 e. The number of benzene rings is 1. The predicted octanol–water partition coefficient (Wildman–Crippen LogP) is 1.50. The first-order valence-corrected chi connectivity index (χ1v) is 9.30. The number of allylic oxidation sites excluding steroid dienone is 2. The second kappa shape index (κ2) is 7.05. The Morgan fingerprint density at radius 3 is 2.64 bits per heavy atom. The highest BCUT2D eigenvalue weighted by Gasteiger charge is 2.36. The van der Waals surface area contributed by atoms with E-state index >= 15 is 0 Å². The zero-order chi connectivity index (χ0) is 20.0. The molecule has 2 amide bonds. The minimum absolute atomic E-state index is 0.295. The van der Waals surface area contributed by atoms with Crippen molar-refractivity contribution in [1.82, 2.24) is 25.1 Å². The van der Waals surface area contributed by atoms with Gasteiger partial charge < -0.3 is 20.3 Å². The van der Waals surface area contributed by atoms with Gasteiger partial charge in [0, 0.05) is 12.7 Å². The van der Waals surface area contributed by atoms with Crippen LogP contribution in [0.2, 0.25) is 0 Å². The van der Waals surface area contributed by atoms with Crippen molar-refractivity contribution in [3.05, 3.63) is 46.4 Å². The molecule has 2 aliphatic rings. The van der Waals surface area contributed by atoms with Crippen LogP contribution < -0.4 is 5.32 Å². The molecule has 2 aromatic rings. The predicted molar refractivity (Wildman–Crippen MR) is 106 cm³/mol. The number of hydrogen-bond acceptors (Lipinski definition) is 6. The van der Waals surface area contributed by atoms with Crippen molar-refractivity contribution >= 4 is 40.0 Å². The number of nitrogens with one attached hydrogen (secondary N) is 2. The number of aliphatic hydroxyl groups excluding tert-OH is 1. The number of imidazole rings is 1. The molecule has 0 saturated heterocycles. The van der Waals surface area contributed by atoms with E-state index in [9.17, 15) is 14.7 Å². The lowest BCUT2D eigenvalue weighted by atomic mass is 10.1. The highest BCUT2D eigenvalue weighted by Crippen LogP contribution is 2.31. The van der Waals surface area contributed by atoms with Gasteiger partial charge in [-0.15, -0.1) is 0 Å². The van der Waals surface area contributed by atoms with Crippen LogP contribution >= 0.6 is 11.6 Å². The molecular weight excluding hydrogens is 382 g/mol. The number of aliphatic hydroxyl groups is 1. The van der Waals surface area contributed by atoms with Crippen molar-refractivity contribution in [1.29, 1.82) is 0 Å². The average molecular weight is 402 g/mol. The number of rotatable bonds is 5. The van der Waals surface area contributed by atoms with E-state index in [4.69, 9.17) is 11.6 Å². The summed E-state index contributed by atoms with van der Waals surface area (Å²) >= 11 is 6.19. The molecule has 1 unspecified atom stereocenters. The Bertz CT molecular complexity index is 987. The lowest BCUT2D eigenvalue weighted by Gasteiger charge is -2.18. The highest BCUT2D eigenvalue weighted by atomic mass is 35.5. The molecule has 28 heavy (non-hydrogen) atoms. The molecule has 0 spiro atoms. The molecule has 2 aliphatic heterocycles. The number of halogens is 1. The number of aromatic amines is 1. The maximum Gasteiger partial charge on any atom is 0.261 e. The fourth-order valence-corrected chi connectivity index (χ4v) is 3.68. The van der Waals surface area contributed by atoms with Gasteiger partial charge in [0.25, 0.3) is 11.8 Å². The van der Waals surface area contributed by atoms with Crippen LogP contribution in [0.1, 0.15) is 33.0 Å². The fourth-order valence-electron chi connectivity index (χ4n) is 3.43. The van der Waals surface area contributed by atoms with Crippen LogP contribution in [-0.2, 0) is 0 Å². The van der Waals surface area contributed by atoms with Gasteiger partial charge in [-0.2, -0.15) is 0 Å². The van der Waals surface area contributed by atoms with Crippen LogP contribution in [0.5, 0.6) is 0 Å². The quantitative estimate of drug-likeness (QED) is 0.656. The number of aromatic nitrogens is 2. The van der Waals surface area contributed by atoms with Crippen LogP contribution in [-0.4, -0.2) is 70.1 Å². The van der Waals surface area contributed by atoms with Gasteiger partial charge in [-0.05, 0) is 45.3 Å². The minimum atomic E-state index is -1.000. The summed E-state index contributed by atoms with van der Waals surface area (Å²) in [6.07, 6.45) is 2.88. The van der Waals surface area contributed by atoms with Crippen LogP contribution in [0.4, 0.5) is 0 Å². The van der Waals surface area contributed by atoms with Crippen molar-refractivity contribution in [3.8, 4) is 0 Å². The molecule has 1 atom stereocenters. The Labute approximate surface area is 166 Å². The summed E-state index contributed by atoms with van der Waals surface area (Å²) < 4.78 is 0. The first kappa shape index (κ1) is 18.7. The van der Waals surface area contributed by atoms with Crippen molar-refractivity contribution in [2.45, 2.75) is 12.6 Å². The van der Waals surface area contributed by atoms with Crippen LogP contribution in [0.15, 0.2) is 29.4 Å². The summed E-state index contributed by atoms with van der Waals surface area (Å²) in [7, 11) is 3.90. The Balaban J connectivity index is 1.67. The maximum absolute atomic E-state index is 12.7. The summed E-state index contributed by atoms with van der Waals surface area (Å²) in [4.78, 5) is 36.3. The summed E-state index contributed by atoms with van der Waals surface area (Å²) in [5.41, 5.74) is 2.25. The molecule has 0 radical (unpaired) electrons. The zero-order valence-corrected chi connectivity index (χ0v) is 16.2. The number of carbonyl (C=O) groups is 2. The molecule has 0 aliphatic carbocycles. The Morgan fingerprint density at radius 1 is 1.25 bits per heavy atom. The van der Waals surface area contributed by atoms with Gasteiger partial charge in [-0.1, -0.05) is 11.6 Å². The molecule has 4 rings (SSSR count). The molecule has 3 heterocycles. The Morgan fingerprint density at radius 2 is 1.96 bits per heavy atom. The van der Waals surface area contributed by atoms with Crippen LogP contribution in [0, 0.1) is 0 Å². The Kier molecular flexibility index (Phi) is 4.70. The van der Waals surface area contributed by atoms with Crippen molar-refractivity contribution in [2.24, 2.45) is 0 Å². The van der Waals surface area contributed by atoms with E-state index in [0.29, 0.717) is 51.6 Å². The SMILES string of the molecule is CN(C)CCCN1C(=O)c2cc3nc(C4=C(Cl)C=CNC4O)[nH]c3cc2C1=O. The third-order valence-corrected chi connectivity index (χ3v) is 5.16. The van der Waals surface area contributed by atoms with Crippen molar-refractivity contribution in [2.75, 3.05) is 27.2 Å². The lowest BCUT2D eigenvalue weighted by molar-refractivity contribution is 0.0649. The minimum Gasteiger partial charge on any atom is -0.369 e. The van der Waals surface area contributed by atoms with E-state index in [1.165, 1.54) is 4.90 Å². The number of H-pyrrole nitrogens is 1. The molecule has 1 aromatic heterocycles. The highest BCUT2D eigenvalue weighted by molar-refractivity contribution is 6.34. The third-order valence-electron chi connectivity index (χ3n) is 4.83. The van der Waals surface area contributed by atoms with Gasteiger partial charge in [0.2, 0.25) is 0 Å². The number of fused-ring (bicyclic) bond motifs is 2. The van der Waals surface area contributed by atoms with E-state index in [0.717, 1.165) is 6.54 Å². The number of amides is 2. The van der Waals surface area contributed by atoms with Crippen LogP contribution in [0.25, 0.3) is 16.6 Å². The first-order chi connectivity index (χ1) is 13.4. The first-order valence-electron chi connectivity index (χ1n) is 8.92. The molecule has 8 nitrogen and oxygen atoms in total. The molecule has 0 saturated carbocycles. The zero-order valence-electron chi connectivity index (χ0n) is 15.5. The molecule has 9 heteroatoms. The van der Waals surface area contributed by atoms with E-state index in [1.54, 1.807) is 24.4 Å². The van der Waals surface area contributed by atoms with Crippen molar-refractivity contribution in [3.63, 3.8) is 0 Å². The van der Waals surface area contributed by atoms with Crippen LogP contribution in [0.3, 0.4) is 0 Å². The standard InChI is InChI=1S/C19H20ClN5O3/c1-24(2)6-3-7-25-18(27)10-8-13-14(9-11(10)19(25)28)23-16(22-13)15-12(20)4-5-21-17(15)26/h4-5,8-9,17,21,26H,3,6-7H2,1-2H3,(H,22,23). The second-order valence-corrected chi connectivity index (χ2v) is 7.49. The average Bonchev–Trinajstić information content (AvgIpc) is 3.14. The van der Waals surface area contributed by atoms with Gasteiger partial charge in [-0.25, -0.2) is 4.98 Å². The molecule has 1 aromatic carbocycles. The van der Waals surface area contributed by atoms with Gasteiger partial charge in [0.15, 0.2) is 6.23 Å². The molecule has 146 valence electrons. The number of dihydropyridines is 1. The topological polar surface area (TPSA) is 102 Å². The lowest BCUT2D eigenvalue weighted by Crippen LogP contribution is -2.32. The fraction of sp³-hybridized carbons (Fsp3) is 0.316. The largest absolute Gasteiger partial charge is 0.369 e. The summed E-state index contributed by atoms with van der Waals surface area (Å²) in [6, 6.07) is 3.25. The number of imide groups is 1. The van der Waals surface area contributed by atoms with Crippen molar-refractivity contribution < 1.29 is 14.7 Å². The molecule has 0 fully saturated rings. The summed E-state index contributed by atoms with van der Waals surface area (Å²) in [5, 5.41) is 13.3. The van der Waals surface area contributed by atoms with E-state index in [2.05, 4.69) is 15.3 Å². The molecular formula is C19H20ClN5O3. The number of nitrogens with zero attached hydrogens (tertiary/aromatic N) is 3. The van der Waals surface area contributed by atoms with Gasteiger partial charge in [0.05, 0.1) is 32.8 Å².